The van der Waals surface area contributed by atoms with E-state index in [4.69, 9.17) is 0 Å². The van der Waals surface area contributed by atoms with Gasteiger partial charge in [-0.15, -0.1) is 0 Å². The first-order chi connectivity index (χ1) is 9.56. The minimum absolute atomic E-state index is 0.0323. The van der Waals surface area contributed by atoms with Gasteiger partial charge in [0.05, 0.1) is 4.90 Å². The highest BCUT2D eigenvalue weighted by atomic mass is 32.2. The largest absolute Gasteiger partial charge is 0.507 e. The lowest BCUT2D eigenvalue weighted by atomic mass is 10.1. The summed E-state index contributed by atoms with van der Waals surface area (Å²) < 4.78 is 27.2. The molecule has 0 saturated heterocycles. The lowest BCUT2D eigenvalue weighted by molar-refractivity contribution is 0.480. The molecular formula is C14H18N2O3S. The molecule has 108 valence electrons. The second-order valence-electron chi connectivity index (χ2n) is 4.38. The van der Waals surface area contributed by atoms with Gasteiger partial charge in [-0.05, 0) is 24.1 Å². The molecule has 0 fully saturated rings. The molecule has 0 aliphatic carbocycles. The summed E-state index contributed by atoms with van der Waals surface area (Å²) in [5.74, 6) is -0.0323. The minimum Gasteiger partial charge on any atom is -0.507 e. The van der Waals surface area contributed by atoms with Gasteiger partial charge in [-0.25, -0.2) is 13.1 Å². The Morgan fingerprint density at radius 2 is 1.80 bits per heavy atom. The van der Waals surface area contributed by atoms with Crippen LogP contribution in [-0.2, 0) is 10.0 Å². The molecule has 0 radical (unpaired) electrons. The monoisotopic (exact) mass is 294 g/mol. The van der Waals surface area contributed by atoms with Gasteiger partial charge in [-0.1, -0.05) is 31.2 Å². The van der Waals surface area contributed by atoms with Crippen molar-refractivity contribution in [1.29, 1.82) is 0 Å². The number of aromatic hydroxyl groups is 1. The van der Waals surface area contributed by atoms with Gasteiger partial charge < -0.3 is 10.4 Å². The number of likely N-dealkylation sites (N-methyl/N-ethyl adjacent to an activating group) is 1. The molecule has 0 aliphatic heterocycles. The van der Waals surface area contributed by atoms with Crippen LogP contribution in [0.1, 0.15) is 6.92 Å². The van der Waals surface area contributed by atoms with Crippen LogP contribution in [0, 0.1) is 0 Å². The Hall–Kier alpha value is -1.63. The predicted molar refractivity (Wildman–Crippen MR) is 79.3 cm³/mol. The summed E-state index contributed by atoms with van der Waals surface area (Å²) >= 11 is 0. The standard InChI is InChI=1S/C14H18N2O3S/c1-2-15-9-10-16-20(18,19)13-8-4-6-11-5-3-7-12(17)14(11)13/h3-8,15-17H,2,9-10H2,1H3. The number of hydrogen-bond acceptors (Lipinski definition) is 4. The molecule has 2 aromatic rings. The average Bonchev–Trinajstić information content (AvgIpc) is 2.43. The zero-order valence-corrected chi connectivity index (χ0v) is 12.1. The van der Waals surface area contributed by atoms with Crippen molar-refractivity contribution >= 4 is 20.8 Å². The highest BCUT2D eigenvalue weighted by molar-refractivity contribution is 7.89. The van der Waals surface area contributed by atoms with E-state index in [1.54, 1.807) is 24.3 Å². The number of rotatable bonds is 6. The number of benzene rings is 2. The highest BCUT2D eigenvalue weighted by Crippen LogP contribution is 2.30. The maximum Gasteiger partial charge on any atom is 0.241 e. The second kappa shape index (κ2) is 6.21. The Balaban J connectivity index is 2.37. The van der Waals surface area contributed by atoms with Gasteiger partial charge in [-0.2, -0.15) is 0 Å². The van der Waals surface area contributed by atoms with E-state index in [1.165, 1.54) is 12.1 Å². The van der Waals surface area contributed by atoms with E-state index in [0.29, 0.717) is 23.9 Å². The molecule has 2 rings (SSSR count). The quantitative estimate of drug-likeness (QED) is 0.704. The van der Waals surface area contributed by atoms with Crippen LogP contribution in [0.4, 0.5) is 0 Å². The van der Waals surface area contributed by atoms with Crippen molar-refractivity contribution in [3.8, 4) is 5.75 Å². The molecule has 0 saturated carbocycles. The first-order valence-electron chi connectivity index (χ1n) is 6.47. The molecule has 0 bridgehead atoms. The average molecular weight is 294 g/mol. The summed E-state index contributed by atoms with van der Waals surface area (Å²) in [5.41, 5.74) is 0. The number of sulfonamides is 1. The van der Waals surface area contributed by atoms with Crippen LogP contribution in [0.3, 0.4) is 0 Å². The number of phenolic OH excluding ortho intramolecular Hbond substituents is 1. The zero-order valence-electron chi connectivity index (χ0n) is 11.3. The number of hydrogen-bond donors (Lipinski definition) is 3. The topological polar surface area (TPSA) is 78.4 Å². The molecule has 6 heteroatoms. The SMILES string of the molecule is CCNCCNS(=O)(=O)c1cccc2cccc(O)c12. The van der Waals surface area contributed by atoms with E-state index in [0.717, 1.165) is 6.54 Å². The number of nitrogens with one attached hydrogen (secondary N) is 2. The van der Waals surface area contributed by atoms with Gasteiger partial charge in [0.15, 0.2) is 0 Å². The Morgan fingerprint density at radius 1 is 1.10 bits per heavy atom. The fourth-order valence-corrected chi connectivity index (χ4v) is 3.31. The molecular weight excluding hydrogens is 276 g/mol. The molecule has 0 aliphatic rings. The van der Waals surface area contributed by atoms with Crippen LogP contribution in [0.5, 0.6) is 5.75 Å². The smallest absolute Gasteiger partial charge is 0.241 e. The lowest BCUT2D eigenvalue weighted by Crippen LogP contribution is -2.31. The Bertz CT molecular complexity index is 693. The molecule has 0 aromatic heterocycles. The Kier molecular flexibility index (Phi) is 4.59. The summed E-state index contributed by atoms with van der Waals surface area (Å²) in [4.78, 5) is 0.101. The third-order valence-electron chi connectivity index (χ3n) is 2.98. The van der Waals surface area contributed by atoms with Crippen molar-refractivity contribution in [3.63, 3.8) is 0 Å². The molecule has 0 unspecified atom stereocenters. The molecule has 5 nitrogen and oxygen atoms in total. The Morgan fingerprint density at radius 3 is 2.50 bits per heavy atom. The summed E-state index contributed by atoms with van der Waals surface area (Å²) in [7, 11) is -3.64. The molecule has 20 heavy (non-hydrogen) atoms. The zero-order chi connectivity index (χ0) is 14.6. The van der Waals surface area contributed by atoms with Crippen LogP contribution >= 0.6 is 0 Å². The van der Waals surface area contributed by atoms with Crippen LogP contribution in [0.2, 0.25) is 0 Å². The lowest BCUT2D eigenvalue weighted by Gasteiger charge is -2.10. The Labute approximate surface area is 118 Å². The van der Waals surface area contributed by atoms with Gasteiger partial charge in [0.1, 0.15) is 5.75 Å². The summed E-state index contributed by atoms with van der Waals surface area (Å²) in [5, 5.41) is 14.0. The van der Waals surface area contributed by atoms with Crippen LogP contribution in [0.25, 0.3) is 10.8 Å². The van der Waals surface area contributed by atoms with Crippen molar-refractivity contribution < 1.29 is 13.5 Å². The van der Waals surface area contributed by atoms with Gasteiger partial charge in [0.2, 0.25) is 10.0 Å². The van der Waals surface area contributed by atoms with Gasteiger partial charge in [-0.3, -0.25) is 0 Å². The molecule has 0 spiro atoms. The molecule has 0 atom stereocenters. The minimum atomic E-state index is -3.64. The van der Waals surface area contributed by atoms with Crippen molar-refractivity contribution in [2.45, 2.75) is 11.8 Å². The van der Waals surface area contributed by atoms with Crippen LogP contribution in [0.15, 0.2) is 41.3 Å². The maximum absolute atomic E-state index is 12.3. The fraction of sp³-hybridized carbons (Fsp3) is 0.286. The summed E-state index contributed by atoms with van der Waals surface area (Å²) in [6.07, 6.45) is 0. The fourth-order valence-electron chi connectivity index (χ4n) is 2.04. The maximum atomic E-state index is 12.3. The van der Waals surface area contributed by atoms with E-state index in [9.17, 15) is 13.5 Å². The number of phenols is 1. The highest BCUT2D eigenvalue weighted by Gasteiger charge is 2.18. The second-order valence-corrected chi connectivity index (χ2v) is 6.12. The first kappa shape index (κ1) is 14.8. The van der Waals surface area contributed by atoms with E-state index in [2.05, 4.69) is 10.0 Å². The van der Waals surface area contributed by atoms with E-state index in [1.807, 2.05) is 6.92 Å². The van der Waals surface area contributed by atoms with Gasteiger partial charge in [0.25, 0.3) is 0 Å². The van der Waals surface area contributed by atoms with Crippen molar-refractivity contribution in [3.05, 3.63) is 36.4 Å². The third-order valence-corrected chi connectivity index (χ3v) is 4.48. The normalized spacial score (nSPS) is 11.8. The van der Waals surface area contributed by atoms with Crippen molar-refractivity contribution in [2.75, 3.05) is 19.6 Å². The predicted octanol–water partition coefficient (Wildman–Crippen LogP) is 1.43. The van der Waals surface area contributed by atoms with Crippen molar-refractivity contribution in [1.82, 2.24) is 10.0 Å². The molecule has 3 N–H and O–H groups in total. The van der Waals surface area contributed by atoms with E-state index < -0.39 is 10.0 Å². The molecule has 2 aromatic carbocycles. The summed E-state index contributed by atoms with van der Waals surface area (Å²) in [6.45, 7) is 3.61. The van der Waals surface area contributed by atoms with Gasteiger partial charge in [0, 0.05) is 18.5 Å². The van der Waals surface area contributed by atoms with Crippen LogP contribution in [-0.4, -0.2) is 33.2 Å². The molecule has 0 amide bonds. The van der Waals surface area contributed by atoms with Gasteiger partial charge >= 0.3 is 0 Å². The van der Waals surface area contributed by atoms with Crippen LogP contribution < -0.4 is 10.0 Å². The van der Waals surface area contributed by atoms with E-state index >= 15 is 0 Å². The van der Waals surface area contributed by atoms with Crippen molar-refractivity contribution in [2.24, 2.45) is 0 Å². The summed E-state index contributed by atoms with van der Waals surface area (Å²) in [6, 6.07) is 9.88. The third kappa shape index (κ3) is 3.09. The molecule has 0 heterocycles. The van der Waals surface area contributed by atoms with E-state index in [-0.39, 0.29) is 10.6 Å². The first-order valence-corrected chi connectivity index (χ1v) is 7.95. The number of fused-ring (bicyclic) bond motifs is 1.